The Bertz CT molecular complexity index is 1460. The third kappa shape index (κ3) is 5.61. The number of benzene rings is 1. The van der Waals surface area contributed by atoms with Crippen molar-refractivity contribution in [3.05, 3.63) is 63.0 Å². The van der Waals surface area contributed by atoms with E-state index in [4.69, 9.17) is 11.6 Å². The lowest BCUT2D eigenvalue weighted by molar-refractivity contribution is -0.136. The summed E-state index contributed by atoms with van der Waals surface area (Å²) in [6.45, 7) is 0.893. The van der Waals surface area contributed by atoms with Crippen LogP contribution < -0.4 is 10.9 Å². The Balaban J connectivity index is 1.59. The van der Waals surface area contributed by atoms with Crippen LogP contribution in [0.25, 0.3) is 22.3 Å². The van der Waals surface area contributed by atoms with Gasteiger partial charge in [-0.1, -0.05) is 23.7 Å². The first-order valence-corrected chi connectivity index (χ1v) is 12.1. The summed E-state index contributed by atoms with van der Waals surface area (Å²) in [5.74, 6) is -0.380. The Morgan fingerprint density at radius 3 is 2.72 bits per heavy atom. The van der Waals surface area contributed by atoms with Gasteiger partial charge in [-0.25, -0.2) is 4.98 Å². The number of carbonyl (C=O) groups is 1. The molecule has 0 aliphatic carbocycles. The van der Waals surface area contributed by atoms with Crippen LogP contribution in [0.3, 0.4) is 0 Å². The molecule has 36 heavy (non-hydrogen) atoms. The topological polar surface area (TPSA) is 85.0 Å². The van der Waals surface area contributed by atoms with Gasteiger partial charge in [0.2, 0.25) is 5.91 Å². The second kappa shape index (κ2) is 10.4. The molecule has 13 heteroatoms. The van der Waals surface area contributed by atoms with Gasteiger partial charge >= 0.3 is 6.18 Å². The first-order valence-electron chi connectivity index (χ1n) is 10.9. The predicted molar refractivity (Wildman–Crippen MR) is 133 cm³/mol. The largest absolute Gasteiger partial charge is 0.418 e. The van der Waals surface area contributed by atoms with E-state index in [1.54, 1.807) is 16.4 Å². The molecule has 0 aliphatic rings. The van der Waals surface area contributed by atoms with Crippen LogP contribution in [0.15, 0.2) is 46.8 Å². The van der Waals surface area contributed by atoms with E-state index >= 15 is 0 Å². The Kier molecular flexibility index (Phi) is 7.48. The standard InChI is InChI=1S/C23H22ClF3N6O2S/c1-31(2)9-4-10-32-13-28-21(30-32)19-16(24)12-36-22(19)29-17(34)11-33-18(35)8-7-14-5-3-6-15(20(14)33)23(25,26)27/h3,5-8,12-13H,4,9-11H2,1-2H3,(H,29,34). The summed E-state index contributed by atoms with van der Waals surface area (Å²) in [6.07, 6.45) is -2.27. The lowest BCUT2D eigenvalue weighted by Crippen LogP contribution is -2.28. The number of hydrogen-bond donors (Lipinski definition) is 1. The average Bonchev–Trinajstić information content (AvgIpc) is 3.40. The number of aromatic nitrogens is 4. The highest BCUT2D eigenvalue weighted by Gasteiger charge is 2.34. The van der Waals surface area contributed by atoms with Crippen molar-refractivity contribution in [1.82, 2.24) is 24.2 Å². The number of anilines is 1. The highest BCUT2D eigenvalue weighted by Crippen LogP contribution is 2.39. The molecule has 1 N–H and O–H groups in total. The second-order valence-electron chi connectivity index (χ2n) is 8.32. The molecule has 0 atom stereocenters. The fourth-order valence-electron chi connectivity index (χ4n) is 3.76. The number of hydrogen-bond acceptors (Lipinski definition) is 6. The third-order valence-corrected chi connectivity index (χ3v) is 6.69. The summed E-state index contributed by atoms with van der Waals surface area (Å²) < 4.78 is 43.4. The van der Waals surface area contributed by atoms with Crippen molar-refractivity contribution in [2.75, 3.05) is 26.0 Å². The SMILES string of the molecule is CN(C)CCCn1cnc(-c2c(Cl)csc2NC(=O)Cn2c(=O)ccc3cccc(C(F)(F)F)c32)n1. The molecule has 1 aromatic carbocycles. The van der Waals surface area contributed by atoms with E-state index in [0.29, 0.717) is 28.0 Å². The minimum atomic E-state index is -4.70. The molecule has 3 heterocycles. The van der Waals surface area contributed by atoms with Crippen molar-refractivity contribution in [2.45, 2.75) is 25.7 Å². The maximum absolute atomic E-state index is 13.6. The van der Waals surface area contributed by atoms with Crippen LogP contribution in [-0.4, -0.2) is 50.8 Å². The van der Waals surface area contributed by atoms with Gasteiger partial charge < -0.3 is 10.2 Å². The van der Waals surface area contributed by atoms with Gasteiger partial charge in [-0.2, -0.15) is 18.3 Å². The van der Waals surface area contributed by atoms with Gasteiger partial charge in [0.05, 0.1) is 21.7 Å². The van der Waals surface area contributed by atoms with Gasteiger partial charge in [-0.3, -0.25) is 18.8 Å². The monoisotopic (exact) mass is 538 g/mol. The Morgan fingerprint density at radius 2 is 2.00 bits per heavy atom. The Labute approximate surface area is 212 Å². The normalized spacial score (nSPS) is 12.0. The number of alkyl halides is 3. The van der Waals surface area contributed by atoms with Crippen molar-refractivity contribution in [1.29, 1.82) is 0 Å². The highest BCUT2D eigenvalue weighted by atomic mass is 35.5. The summed E-state index contributed by atoms with van der Waals surface area (Å²) >= 11 is 7.46. The van der Waals surface area contributed by atoms with Crippen molar-refractivity contribution < 1.29 is 18.0 Å². The smallest absolute Gasteiger partial charge is 0.315 e. The zero-order chi connectivity index (χ0) is 26.0. The molecular weight excluding hydrogens is 517 g/mol. The van der Waals surface area contributed by atoms with Gasteiger partial charge in [0, 0.05) is 18.0 Å². The van der Waals surface area contributed by atoms with Crippen LogP contribution in [0.1, 0.15) is 12.0 Å². The molecule has 4 aromatic rings. The lowest BCUT2D eigenvalue weighted by atomic mass is 10.1. The van der Waals surface area contributed by atoms with Crippen molar-refractivity contribution in [3.63, 3.8) is 0 Å². The van der Waals surface area contributed by atoms with E-state index in [9.17, 15) is 22.8 Å². The van der Waals surface area contributed by atoms with Crippen LogP contribution in [0.2, 0.25) is 5.02 Å². The number of carbonyl (C=O) groups excluding carboxylic acids is 1. The first kappa shape index (κ1) is 25.9. The van der Waals surface area contributed by atoms with E-state index in [-0.39, 0.29) is 10.9 Å². The second-order valence-corrected chi connectivity index (χ2v) is 9.61. The third-order valence-electron chi connectivity index (χ3n) is 5.37. The van der Waals surface area contributed by atoms with Gasteiger partial charge in [0.1, 0.15) is 17.9 Å². The number of rotatable bonds is 8. The zero-order valence-electron chi connectivity index (χ0n) is 19.3. The molecule has 1 amide bonds. The molecule has 0 aliphatic heterocycles. The van der Waals surface area contributed by atoms with Crippen LogP contribution in [0.5, 0.6) is 0 Å². The van der Waals surface area contributed by atoms with Gasteiger partial charge in [0.25, 0.3) is 5.56 Å². The molecule has 0 unspecified atom stereocenters. The number of pyridine rings is 1. The molecule has 0 spiro atoms. The minimum Gasteiger partial charge on any atom is -0.315 e. The zero-order valence-corrected chi connectivity index (χ0v) is 20.9. The van der Waals surface area contributed by atoms with Crippen LogP contribution in [0, 0.1) is 0 Å². The van der Waals surface area contributed by atoms with Gasteiger partial charge in [-0.05, 0) is 44.6 Å². The molecule has 0 bridgehead atoms. The van der Waals surface area contributed by atoms with Gasteiger partial charge in [-0.15, -0.1) is 11.3 Å². The summed E-state index contributed by atoms with van der Waals surface area (Å²) in [5, 5.41) is 9.54. The number of nitrogens with zero attached hydrogens (tertiary/aromatic N) is 5. The number of amides is 1. The first-order chi connectivity index (χ1) is 17.0. The van der Waals surface area contributed by atoms with Crippen LogP contribution in [0.4, 0.5) is 18.2 Å². The molecule has 190 valence electrons. The van der Waals surface area contributed by atoms with E-state index < -0.39 is 29.8 Å². The predicted octanol–water partition coefficient (Wildman–Crippen LogP) is 4.58. The maximum atomic E-state index is 13.6. The fourth-order valence-corrected chi connectivity index (χ4v) is 4.96. The Hall–Kier alpha value is -3.22. The number of fused-ring (bicyclic) bond motifs is 1. The maximum Gasteiger partial charge on any atom is 0.418 e. The van der Waals surface area contributed by atoms with E-state index in [2.05, 4.69) is 20.3 Å². The highest BCUT2D eigenvalue weighted by molar-refractivity contribution is 7.15. The van der Waals surface area contributed by atoms with Crippen LogP contribution in [-0.2, 0) is 24.1 Å². The minimum absolute atomic E-state index is 0.195. The summed E-state index contributed by atoms with van der Waals surface area (Å²) in [5.41, 5.74) is -1.66. The number of nitrogens with one attached hydrogen (secondary N) is 1. The van der Waals surface area contributed by atoms with Crippen molar-refractivity contribution >= 4 is 44.7 Å². The number of para-hydroxylation sites is 1. The Morgan fingerprint density at radius 1 is 1.22 bits per heavy atom. The van der Waals surface area contributed by atoms with E-state index in [0.717, 1.165) is 41.0 Å². The summed E-state index contributed by atoms with van der Waals surface area (Å²) in [7, 11) is 3.95. The molecule has 0 radical (unpaired) electrons. The average molecular weight is 539 g/mol. The van der Waals surface area contributed by atoms with Crippen molar-refractivity contribution in [3.8, 4) is 11.4 Å². The number of thiophene rings is 1. The molecule has 3 aromatic heterocycles. The van der Waals surface area contributed by atoms with Crippen LogP contribution >= 0.6 is 22.9 Å². The van der Waals surface area contributed by atoms with E-state index in [1.807, 2.05) is 14.1 Å². The summed E-state index contributed by atoms with van der Waals surface area (Å²) in [4.78, 5) is 31.7. The van der Waals surface area contributed by atoms with Crippen molar-refractivity contribution in [2.24, 2.45) is 0 Å². The van der Waals surface area contributed by atoms with E-state index in [1.165, 1.54) is 18.2 Å². The molecule has 0 saturated carbocycles. The molecule has 0 fully saturated rings. The number of aryl methyl sites for hydroxylation is 1. The van der Waals surface area contributed by atoms with Gasteiger partial charge in [0.15, 0.2) is 5.82 Å². The molecule has 8 nitrogen and oxygen atoms in total. The molecule has 4 rings (SSSR count). The molecular formula is C23H22ClF3N6O2S. The fraction of sp³-hybridized carbons (Fsp3) is 0.304. The summed E-state index contributed by atoms with van der Waals surface area (Å²) in [6, 6.07) is 6.03. The lowest BCUT2D eigenvalue weighted by Gasteiger charge is -2.15. The number of halogens is 4. The molecule has 0 saturated heterocycles. The quantitative estimate of drug-likeness (QED) is 0.355.